The summed E-state index contributed by atoms with van der Waals surface area (Å²) in [5.41, 5.74) is 1.41. The van der Waals surface area contributed by atoms with E-state index in [9.17, 15) is 4.79 Å². The molecule has 0 aliphatic rings. The normalized spacial score (nSPS) is 11.7. The van der Waals surface area contributed by atoms with Crippen molar-refractivity contribution in [2.24, 2.45) is 0 Å². The second kappa shape index (κ2) is 8.76. The van der Waals surface area contributed by atoms with Crippen LogP contribution < -0.4 is 0 Å². The van der Waals surface area contributed by atoms with E-state index in [-0.39, 0.29) is 12.4 Å². The number of fused-ring (bicyclic) bond motifs is 1. The van der Waals surface area contributed by atoms with Crippen molar-refractivity contribution in [3.05, 3.63) is 48.7 Å². The molecule has 2 heterocycles. The largest absolute Gasteiger partial charge is 0.507 e. The van der Waals surface area contributed by atoms with Crippen molar-refractivity contribution in [2.45, 2.75) is 11.3 Å². The number of benzene rings is 1. The first-order chi connectivity index (χ1) is 11.2. The summed E-state index contributed by atoms with van der Waals surface area (Å²) < 4.78 is 6.44. The standard InChI is InChI=1S/C14H12N4O3S2.ClH/c19-14(20)21-13(9-22-23-12-7-3-4-8-15-12)18-11-6-2-1-5-10(11)16-17-18;/h1-8,13H,9H2,(H,19,20);1H. The van der Waals surface area contributed by atoms with Crippen LogP contribution in [0.15, 0.2) is 53.7 Å². The molecule has 7 nitrogen and oxygen atoms in total. The Bertz CT molecular complexity index is 803. The van der Waals surface area contributed by atoms with Gasteiger partial charge in [-0.25, -0.2) is 14.5 Å². The van der Waals surface area contributed by atoms with Gasteiger partial charge in [0.1, 0.15) is 10.5 Å². The lowest BCUT2D eigenvalue weighted by molar-refractivity contribution is 0.0259. The number of ether oxygens (including phenoxy) is 1. The lowest BCUT2D eigenvalue weighted by Crippen LogP contribution is -2.19. The van der Waals surface area contributed by atoms with Gasteiger partial charge >= 0.3 is 6.16 Å². The fourth-order valence-electron chi connectivity index (χ4n) is 1.92. The number of carboxylic acid groups (broad SMARTS) is 1. The first-order valence-corrected chi connectivity index (χ1v) is 8.96. The second-order valence-corrected chi connectivity index (χ2v) is 6.76. The van der Waals surface area contributed by atoms with E-state index in [4.69, 9.17) is 9.84 Å². The summed E-state index contributed by atoms with van der Waals surface area (Å²) in [5, 5.41) is 17.8. The summed E-state index contributed by atoms with van der Waals surface area (Å²) in [5.74, 6) is 0.376. The third-order valence-electron chi connectivity index (χ3n) is 2.88. The van der Waals surface area contributed by atoms with Gasteiger partial charge in [-0.1, -0.05) is 34.2 Å². The summed E-state index contributed by atoms with van der Waals surface area (Å²) in [6.07, 6.45) is -0.405. The molecule has 0 saturated carbocycles. The maximum atomic E-state index is 11.0. The van der Waals surface area contributed by atoms with Crippen molar-refractivity contribution in [3.8, 4) is 0 Å². The van der Waals surface area contributed by atoms with Gasteiger partial charge in [-0.15, -0.1) is 17.5 Å². The van der Waals surface area contributed by atoms with E-state index in [0.29, 0.717) is 11.3 Å². The number of carbonyl (C=O) groups is 1. The zero-order chi connectivity index (χ0) is 16.1. The SMILES string of the molecule is Cl.O=C(O)OC(CSSc1ccccn1)n1nnc2ccccc21. The highest BCUT2D eigenvalue weighted by Gasteiger charge is 2.20. The number of hydrogen-bond donors (Lipinski definition) is 1. The van der Waals surface area contributed by atoms with Gasteiger partial charge in [0, 0.05) is 6.20 Å². The molecule has 10 heteroatoms. The summed E-state index contributed by atoms with van der Waals surface area (Å²) in [7, 11) is 2.89. The average molecular weight is 385 g/mol. The Kier molecular flexibility index (Phi) is 6.71. The quantitative estimate of drug-likeness (QED) is 0.505. The number of aromatic nitrogens is 4. The van der Waals surface area contributed by atoms with Crippen LogP contribution in [-0.2, 0) is 4.74 Å². The van der Waals surface area contributed by atoms with Crippen molar-refractivity contribution in [1.29, 1.82) is 0 Å². The number of pyridine rings is 1. The van der Waals surface area contributed by atoms with Crippen LogP contribution in [0.2, 0.25) is 0 Å². The van der Waals surface area contributed by atoms with Crippen LogP contribution in [0, 0.1) is 0 Å². The van der Waals surface area contributed by atoms with Crippen molar-refractivity contribution in [1.82, 2.24) is 20.0 Å². The molecule has 0 bridgehead atoms. The molecule has 0 fully saturated rings. The Morgan fingerprint density at radius 3 is 2.79 bits per heavy atom. The summed E-state index contributed by atoms with van der Waals surface area (Å²) in [6.45, 7) is 0. The fourth-order valence-corrected chi connectivity index (χ4v) is 3.88. The highest BCUT2D eigenvalue weighted by molar-refractivity contribution is 8.76. The molecule has 1 unspecified atom stereocenters. The topological polar surface area (TPSA) is 90.1 Å². The maximum Gasteiger partial charge on any atom is 0.507 e. The molecule has 3 aromatic rings. The van der Waals surface area contributed by atoms with E-state index >= 15 is 0 Å². The molecule has 0 aliphatic carbocycles. The highest BCUT2D eigenvalue weighted by atomic mass is 35.5. The van der Waals surface area contributed by atoms with Gasteiger partial charge < -0.3 is 9.84 Å². The van der Waals surface area contributed by atoms with E-state index in [1.807, 2.05) is 42.5 Å². The Morgan fingerprint density at radius 1 is 1.25 bits per heavy atom. The molecule has 24 heavy (non-hydrogen) atoms. The van der Waals surface area contributed by atoms with E-state index in [1.165, 1.54) is 26.3 Å². The Morgan fingerprint density at radius 2 is 2.04 bits per heavy atom. The average Bonchev–Trinajstić information content (AvgIpc) is 2.98. The molecule has 1 N–H and O–H groups in total. The van der Waals surface area contributed by atoms with Crippen LogP contribution in [0.1, 0.15) is 6.23 Å². The van der Waals surface area contributed by atoms with Crippen LogP contribution in [0.4, 0.5) is 4.79 Å². The van der Waals surface area contributed by atoms with Crippen molar-refractivity contribution >= 4 is 51.2 Å². The van der Waals surface area contributed by atoms with Gasteiger partial charge in [-0.3, -0.25) is 0 Å². The van der Waals surface area contributed by atoms with Crippen LogP contribution in [0.3, 0.4) is 0 Å². The van der Waals surface area contributed by atoms with Crippen LogP contribution in [-0.4, -0.2) is 37.0 Å². The predicted molar refractivity (Wildman–Crippen MR) is 95.5 cm³/mol. The van der Waals surface area contributed by atoms with E-state index in [2.05, 4.69) is 15.3 Å². The van der Waals surface area contributed by atoms with Crippen molar-refractivity contribution < 1.29 is 14.6 Å². The van der Waals surface area contributed by atoms with E-state index in [1.54, 1.807) is 6.20 Å². The first-order valence-electron chi connectivity index (χ1n) is 6.64. The minimum Gasteiger partial charge on any atom is -0.450 e. The zero-order valence-electron chi connectivity index (χ0n) is 12.2. The Labute approximate surface area is 151 Å². The number of hydrogen-bond acceptors (Lipinski definition) is 7. The summed E-state index contributed by atoms with van der Waals surface area (Å²) in [6, 6.07) is 12.9. The zero-order valence-corrected chi connectivity index (χ0v) is 14.6. The molecule has 3 rings (SSSR count). The van der Waals surface area contributed by atoms with Gasteiger partial charge in [0.05, 0.1) is 11.3 Å². The molecular formula is C14H13ClN4O3S2. The van der Waals surface area contributed by atoms with Gasteiger partial charge in [-0.05, 0) is 35.1 Å². The van der Waals surface area contributed by atoms with Crippen LogP contribution in [0.25, 0.3) is 11.0 Å². The molecule has 0 saturated heterocycles. The van der Waals surface area contributed by atoms with Crippen molar-refractivity contribution in [2.75, 3.05) is 5.75 Å². The fraction of sp³-hybridized carbons (Fsp3) is 0.143. The molecule has 0 radical (unpaired) electrons. The molecule has 126 valence electrons. The van der Waals surface area contributed by atoms with Gasteiger partial charge in [0.2, 0.25) is 6.23 Å². The lowest BCUT2D eigenvalue weighted by atomic mass is 10.3. The number of nitrogens with zero attached hydrogens (tertiary/aromatic N) is 4. The van der Waals surface area contributed by atoms with Gasteiger partial charge in [-0.2, -0.15) is 0 Å². The molecule has 1 aromatic carbocycles. The van der Waals surface area contributed by atoms with E-state index in [0.717, 1.165) is 10.5 Å². The lowest BCUT2D eigenvalue weighted by Gasteiger charge is -2.15. The van der Waals surface area contributed by atoms with Crippen LogP contribution >= 0.6 is 34.0 Å². The first kappa shape index (κ1) is 18.4. The van der Waals surface area contributed by atoms with E-state index < -0.39 is 12.4 Å². The predicted octanol–water partition coefficient (Wildman–Crippen LogP) is 3.88. The maximum absolute atomic E-state index is 11.0. The minimum atomic E-state index is -1.35. The smallest absolute Gasteiger partial charge is 0.450 e. The molecule has 0 spiro atoms. The third-order valence-corrected chi connectivity index (χ3v) is 5.11. The second-order valence-electron chi connectivity index (χ2n) is 4.40. The molecule has 1 atom stereocenters. The monoisotopic (exact) mass is 384 g/mol. The number of rotatable bonds is 6. The highest BCUT2D eigenvalue weighted by Crippen LogP contribution is 2.32. The molecule has 0 aliphatic heterocycles. The van der Waals surface area contributed by atoms with Gasteiger partial charge in [0.15, 0.2) is 0 Å². The van der Waals surface area contributed by atoms with Gasteiger partial charge in [0.25, 0.3) is 0 Å². The number of para-hydroxylation sites is 1. The molecule has 2 aromatic heterocycles. The summed E-state index contributed by atoms with van der Waals surface area (Å²) >= 11 is 0. The Balaban J connectivity index is 0.00000208. The number of halogens is 1. The third kappa shape index (κ3) is 4.53. The van der Waals surface area contributed by atoms with Crippen LogP contribution in [0.5, 0.6) is 0 Å². The summed E-state index contributed by atoms with van der Waals surface area (Å²) in [4.78, 5) is 15.2. The minimum absolute atomic E-state index is 0. The Hall–Kier alpha value is -1.97. The van der Waals surface area contributed by atoms with Crippen molar-refractivity contribution in [3.63, 3.8) is 0 Å². The molecular weight excluding hydrogens is 372 g/mol. The molecule has 0 amide bonds.